The second-order valence-corrected chi connectivity index (χ2v) is 13.4. The van der Waals surface area contributed by atoms with Gasteiger partial charge in [0.05, 0.1) is 0 Å². The highest BCUT2D eigenvalue weighted by Gasteiger charge is 2.48. The SMILES string of the molecule is C=C/C=C\C1=C(C)[Si](c2ccccc2)(c2ccccc2)c2ccc3ccc4c(C)cccc4c3c21. The van der Waals surface area contributed by atoms with Gasteiger partial charge in [0, 0.05) is 0 Å². The van der Waals surface area contributed by atoms with Crippen LogP contribution < -0.4 is 15.6 Å². The van der Waals surface area contributed by atoms with Crippen LogP contribution in [-0.2, 0) is 0 Å². The number of aryl methyl sites for hydroxylation is 1. The van der Waals surface area contributed by atoms with Gasteiger partial charge in [-0.1, -0.05) is 133 Å². The van der Waals surface area contributed by atoms with Crippen molar-refractivity contribution in [2.75, 3.05) is 0 Å². The van der Waals surface area contributed by atoms with E-state index >= 15 is 0 Å². The lowest BCUT2D eigenvalue weighted by Crippen LogP contribution is -2.67. The van der Waals surface area contributed by atoms with Gasteiger partial charge in [0.1, 0.15) is 0 Å². The van der Waals surface area contributed by atoms with Crippen molar-refractivity contribution in [3.05, 3.63) is 144 Å². The van der Waals surface area contributed by atoms with Gasteiger partial charge in [-0.2, -0.15) is 0 Å². The highest BCUT2D eigenvalue weighted by molar-refractivity contribution is 7.18. The normalized spacial score (nSPS) is 14.7. The summed E-state index contributed by atoms with van der Waals surface area (Å²) >= 11 is 0. The quantitative estimate of drug-likeness (QED) is 0.155. The Hall–Kier alpha value is -3.94. The van der Waals surface area contributed by atoms with Crippen LogP contribution in [-0.4, -0.2) is 8.07 Å². The molecule has 0 nitrogen and oxygen atoms in total. The molecular formula is C34H28Si. The van der Waals surface area contributed by atoms with Crippen molar-refractivity contribution >= 4 is 50.8 Å². The van der Waals surface area contributed by atoms with Gasteiger partial charge in [-0.05, 0) is 67.7 Å². The van der Waals surface area contributed by atoms with Gasteiger partial charge in [-0.25, -0.2) is 0 Å². The molecule has 5 aromatic carbocycles. The van der Waals surface area contributed by atoms with Crippen LogP contribution >= 0.6 is 0 Å². The predicted octanol–water partition coefficient (Wildman–Crippen LogP) is 6.84. The van der Waals surface area contributed by atoms with Crippen LogP contribution in [0.15, 0.2) is 133 Å². The zero-order valence-electron chi connectivity index (χ0n) is 20.3. The van der Waals surface area contributed by atoms with E-state index in [9.17, 15) is 0 Å². The fourth-order valence-electron chi connectivity index (χ4n) is 6.18. The number of hydrogen-bond donors (Lipinski definition) is 0. The van der Waals surface area contributed by atoms with E-state index in [1.807, 2.05) is 6.08 Å². The molecule has 1 heterocycles. The molecule has 0 aliphatic carbocycles. The summed E-state index contributed by atoms with van der Waals surface area (Å²) in [5, 5.41) is 11.2. The standard InChI is InChI=1S/C34H28Si/c1-4-5-18-30-25(3)35(27-14-8-6-9-15-27,28-16-10-7-11-17-28)32-23-21-26-20-22-29-24(2)13-12-19-31(29)33(26)34(30)32/h4-23H,1H2,2-3H3/b18-5-. The third-order valence-electron chi connectivity index (χ3n) is 7.71. The summed E-state index contributed by atoms with van der Waals surface area (Å²) < 4.78 is 0. The summed E-state index contributed by atoms with van der Waals surface area (Å²) in [6.07, 6.45) is 6.27. The Balaban J connectivity index is 1.86. The number of rotatable bonds is 4. The molecule has 1 aliphatic heterocycles. The topological polar surface area (TPSA) is 0 Å². The molecule has 0 radical (unpaired) electrons. The lowest BCUT2D eigenvalue weighted by Gasteiger charge is -2.32. The lowest BCUT2D eigenvalue weighted by atomic mass is 9.92. The first-order valence-corrected chi connectivity index (χ1v) is 14.3. The first-order chi connectivity index (χ1) is 17.2. The van der Waals surface area contributed by atoms with E-state index in [2.05, 4.69) is 136 Å². The van der Waals surface area contributed by atoms with Crippen molar-refractivity contribution < 1.29 is 0 Å². The van der Waals surface area contributed by atoms with Gasteiger partial charge in [0.25, 0.3) is 0 Å². The second-order valence-electron chi connectivity index (χ2n) is 9.44. The van der Waals surface area contributed by atoms with Crippen molar-refractivity contribution in [3.8, 4) is 0 Å². The average Bonchev–Trinajstić information content (AvgIpc) is 3.16. The molecule has 0 atom stereocenters. The van der Waals surface area contributed by atoms with Crippen LogP contribution in [0.3, 0.4) is 0 Å². The molecule has 1 aliphatic rings. The summed E-state index contributed by atoms with van der Waals surface area (Å²) in [5.41, 5.74) is 4.06. The monoisotopic (exact) mass is 464 g/mol. The molecule has 168 valence electrons. The first-order valence-electron chi connectivity index (χ1n) is 12.3. The zero-order chi connectivity index (χ0) is 24.0. The third-order valence-corrected chi connectivity index (χ3v) is 12.7. The van der Waals surface area contributed by atoms with Crippen LogP contribution in [0.5, 0.6) is 0 Å². The molecule has 0 aromatic heterocycles. The Morgan fingerprint density at radius 1 is 0.657 bits per heavy atom. The van der Waals surface area contributed by atoms with Gasteiger partial charge in [-0.3, -0.25) is 0 Å². The highest BCUT2D eigenvalue weighted by atomic mass is 28.3. The molecule has 35 heavy (non-hydrogen) atoms. The third kappa shape index (κ3) is 3.05. The molecular weight excluding hydrogens is 436 g/mol. The maximum absolute atomic E-state index is 3.98. The van der Waals surface area contributed by atoms with Gasteiger partial charge < -0.3 is 0 Å². The van der Waals surface area contributed by atoms with Crippen LogP contribution in [0.4, 0.5) is 0 Å². The minimum atomic E-state index is -2.45. The Morgan fingerprint density at radius 3 is 1.97 bits per heavy atom. The fraction of sp³-hybridized carbons (Fsp3) is 0.0588. The molecule has 5 aromatic rings. The Morgan fingerprint density at radius 2 is 1.31 bits per heavy atom. The Labute approximate surface area is 208 Å². The van der Waals surface area contributed by atoms with Crippen molar-refractivity contribution in [1.29, 1.82) is 0 Å². The number of allylic oxidation sites excluding steroid dienone is 5. The molecule has 0 saturated carbocycles. The van der Waals surface area contributed by atoms with Gasteiger partial charge in [-0.15, -0.1) is 0 Å². The average molecular weight is 465 g/mol. The molecule has 0 bridgehead atoms. The van der Waals surface area contributed by atoms with E-state index in [0.29, 0.717) is 0 Å². The Bertz CT molecular complexity index is 1610. The second kappa shape index (κ2) is 8.37. The summed E-state index contributed by atoms with van der Waals surface area (Å²) in [5.74, 6) is 0. The summed E-state index contributed by atoms with van der Waals surface area (Å²) in [6.45, 7) is 8.57. The van der Waals surface area contributed by atoms with Crippen molar-refractivity contribution in [2.24, 2.45) is 0 Å². The van der Waals surface area contributed by atoms with E-state index in [-0.39, 0.29) is 0 Å². The van der Waals surface area contributed by atoms with E-state index in [1.165, 1.54) is 59.0 Å². The zero-order valence-corrected chi connectivity index (χ0v) is 21.3. The predicted molar refractivity (Wildman–Crippen MR) is 156 cm³/mol. The number of hydrogen-bond acceptors (Lipinski definition) is 0. The Kier molecular flexibility index (Phi) is 5.16. The van der Waals surface area contributed by atoms with Gasteiger partial charge >= 0.3 is 0 Å². The van der Waals surface area contributed by atoms with Crippen LogP contribution in [0.25, 0.3) is 27.1 Å². The van der Waals surface area contributed by atoms with Crippen LogP contribution in [0.2, 0.25) is 0 Å². The van der Waals surface area contributed by atoms with Crippen molar-refractivity contribution in [2.45, 2.75) is 13.8 Å². The summed E-state index contributed by atoms with van der Waals surface area (Å²) in [4.78, 5) is 0. The molecule has 0 unspecified atom stereocenters. The summed E-state index contributed by atoms with van der Waals surface area (Å²) in [6, 6.07) is 38.4. The molecule has 1 heteroatoms. The smallest absolute Gasteiger partial charge is 0.0991 e. The van der Waals surface area contributed by atoms with E-state index in [0.717, 1.165) is 0 Å². The van der Waals surface area contributed by atoms with Crippen molar-refractivity contribution in [1.82, 2.24) is 0 Å². The van der Waals surface area contributed by atoms with E-state index < -0.39 is 8.07 Å². The highest BCUT2D eigenvalue weighted by Crippen LogP contribution is 2.41. The molecule has 0 saturated heterocycles. The lowest BCUT2D eigenvalue weighted by molar-refractivity contribution is 1.54. The summed E-state index contributed by atoms with van der Waals surface area (Å²) in [7, 11) is -2.45. The minimum Gasteiger partial charge on any atom is -0.0991 e. The minimum absolute atomic E-state index is 1.30. The van der Waals surface area contributed by atoms with Crippen LogP contribution in [0, 0.1) is 6.92 Å². The van der Waals surface area contributed by atoms with E-state index in [4.69, 9.17) is 0 Å². The number of benzene rings is 5. The van der Waals surface area contributed by atoms with Crippen molar-refractivity contribution in [3.63, 3.8) is 0 Å². The maximum atomic E-state index is 3.98. The molecule has 0 amide bonds. The first kappa shape index (κ1) is 21.6. The molecule has 0 spiro atoms. The molecule has 6 rings (SSSR count). The fourth-order valence-corrected chi connectivity index (χ4v) is 11.4. The number of fused-ring (bicyclic) bond motifs is 5. The van der Waals surface area contributed by atoms with Crippen LogP contribution in [0.1, 0.15) is 18.1 Å². The largest absolute Gasteiger partial charge is 0.176 e. The van der Waals surface area contributed by atoms with E-state index in [1.54, 1.807) is 0 Å². The maximum Gasteiger partial charge on any atom is 0.176 e. The van der Waals surface area contributed by atoms with Gasteiger partial charge in [0.2, 0.25) is 0 Å². The molecule has 0 fully saturated rings. The van der Waals surface area contributed by atoms with Gasteiger partial charge in [0.15, 0.2) is 8.07 Å². The molecule has 0 N–H and O–H groups in total.